The molecule has 1 aromatic rings. The number of ketones is 1. The normalized spacial score (nSPS) is 27.1. The molecule has 2 atom stereocenters. The number of hydrogen-bond donors (Lipinski definition) is 0. The molecular weight excluding hydrogens is 380 g/mol. The molecule has 2 unspecified atom stereocenters. The van der Waals surface area contributed by atoms with E-state index in [2.05, 4.69) is 11.8 Å². The molecule has 0 saturated carbocycles. The second-order valence-corrected chi connectivity index (χ2v) is 8.73. The summed E-state index contributed by atoms with van der Waals surface area (Å²) in [6.07, 6.45) is 2.43. The fraction of sp³-hybridized carbons (Fsp3) is 0.542. The molecule has 2 heterocycles. The fourth-order valence-electron chi connectivity index (χ4n) is 4.89. The van der Waals surface area contributed by atoms with Crippen LogP contribution in [0.4, 0.5) is 0 Å². The highest BCUT2D eigenvalue weighted by Gasteiger charge is 2.46. The van der Waals surface area contributed by atoms with Gasteiger partial charge in [0.2, 0.25) is 0 Å². The number of ether oxygens (including phenoxy) is 2. The van der Waals surface area contributed by atoms with Gasteiger partial charge in [-0.15, -0.1) is 0 Å². The summed E-state index contributed by atoms with van der Waals surface area (Å²) < 4.78 is 10.2. The zero-order chi connectivity index (χ0) is 21.3. The molecule has 0 aromatic heterocycles. The third kappa shape index (κ3) is 3.86. The lowest BCUT2D eigenvalue weighted by atomic mass is 9.68. The predicted molar refractivity (Wildman–Crippen MR) is 115 cm³/mol. The molecule has 6 nitrogen and oxygen atoms in total. The lowest BCUT2D eigenvalue weighted by molar-refractivity contribution is -0.121. The summed E-state index contributed by atoms with van der Waals surface area (Å²) in [7, 11) is 1.38. The summed E-state index contributed by atoms with van der Waals surface area (Å²) in [5.41, 5.74) is 4.10. The zero-order valence-electron chi connectivity index (χ0n) is 18.1. The van der Waals surface area contributed by atoms with Crippen LogP contribution in [0.1, 0.15) is 42.6 Å². The Morgan fingerprint density at radius 2 is 1.97 bits per heavy atom. The molecule has 2 aliphatic heterocycles. The average molecular weight is 411 g/mol. The molecule has 4 rings (SSSR count). The lowest BCUT2D eigenvalue weighted by Gasteiger charge is -2.35. The predicted octanol–water partition coefficient (Wildman–Crippen LogP) is 3.06. The van der Waals surface area contributed by atoms with E-state index in [-0.39, 0.29) is 17.7 Å². The Bertz CT molecular complexity index is 896. The van der Waals surface area contributed by atoms with E-state index < -0.39 is 5.41 Å². The number of aliphatic imine (C=N–C) groups is 1. The number of allylic oxidation sites excluding steroid dienone is 2. The second kappa shape index (κ2) is 8.44. The van der Waals surface area contributed by atoms with Crippen LogP contribution >= 0.6 is 0 Å². The molecule has 0 N–H and O–H groups in total. The number of carbonyl (C=O) groups excluding carboxylic acids is 2. The SMILES string of the molecule is COC(=O)c1ccc(CC2(C)C(C)=NC3=C2C(=O)C(CN2CCOCC2)CC3)cc1. The van der Waals surface area contributed by atoms with Gasteiger partial charge in [0.15, 0.2) is 5.78 Å². The van der Waals surface area contributed by atoms with Gasteiger partial charge in [0.1, 0.15) is 0 Å². The van der Waals surface area contributed by atoms with Crippen LogP contribution in [0, 0.1) is 11.3 Å². The van der Waals surface area contributed by atoms with Gasteiger partial charge in [-0.3, -0.25) is 14.7 Å². The van der Waals surface area contributed by atoms with Gasteiger partial charge in [-0.1, -0.05) is 12.1 Å². The van der Waals surface area contributed by atoms with Gasteiger partial charge in [0.05, 0.1) is 25.9 Å². The standard InChI is InChI=1S/C24H30N2O4/c1-16-24(2,14-17-4-6-18(7-5-17)23(28)29-3)21-20(25-16)9-8-19(22(21)27)15-26-10-12-30-13-11-26/h4-7,19H,8-15H2,1-3H3. The molecule has 0 spiro atoms. The first-order valence-electron chi connectivity index (χ1n) is 10.7. The van der Waals surface area contributed by atoms with Gasteiger partial charge in [-0.25, -0.2) is 4.79 Å². The van der Waals surface area contributed by atoms with Crippen LogP contribution in [0.2, 0.25) is 0 Å². The van der Waals surface area contributed by atoms with Crippen molar-refractivity contribution >= 4 is 17.5 Å². The van der Waals surface area contributed by atoms with Gasteiger partial charge in [0.25, 0.3) is 0 Å². The van der Waals surface area contributed by atoms with Crippen molar-refractivity contribution in [2.24, 2.45) is 16.3 Å². The molecular formula is C24H30N2O4. The van der Waals surface area contributed by atoms with Crippen LogP contribution in [0.15, 0.2) is 40.5 Å². The first-order chi connectivity index (χ1) is 14.4. The number of morpholine rings is 1. The maximum absolute atomic E-state index is 13.6. The Morgan fingerprint density at radius 1 is 1.27 bits per heavy atom. The lowest BCUT2D eigenvalue weighted by Crippen LogP contribution is -2.43. The molecule has 0 amide bonds. The van der Waals surface area contributed by atoms with Crippen molar-refractivity contribution < 1.29 is 19.1 Å². The monoisotopic (exact) mass is 410 g/mol. The summed E-state index contributed by atoms with van der Waals surface area (Å²) in [6, 6.07) is 7.46. The highest BCUT2D eigenvalue weighted by Crippen LogP contribution is 2.46. The number of nitrogens with zero attached hydrogens (tertiary/aromatic N) is 2. The Morgan fingerprint density at radius 3 is 2.63 bits per heavy atom. The van der Waals surface area contributed by atoms with Crippen molar-refractivity contribution in [3.05, 3.63) is 46.7 Å². The minimum atomic E-state index is -0.400. The summed E-state index contributed by atoms with van der Waals surface area (Å²) in [6.45, 7) is 8.27. The van der Waals surface area contributed by atoms with E-state index in [9.17, 15) is 9.59 Å². The largest absolute Gasteiger partial charge is 0.465 e. The first-order valence-corrected chi connectivity index (χ1v) is 10.7. The second-order valence-electron chi connectivity index (χ2n) is 8.73. The smallest absolute Gasteiger partial charge is 0.337 e. The van der Waals surface area contributed by atoms with Crippen molar-refractivity contribution in [1.29, 1.82) is 0 Å². The van der Waals surface area contributed by atoms with Gasteiger partial charge >= 0.3 is 5.97 Å². The zero-order valence-corrected chi connectivity index (χ0v) is 18.1. The van der Waals surface area contributed by atoms with Crippen molar-refractivity contribution in [2.45, 2.75) is 33.1 Å². The highest BCUT2D eigenvalue weighted by atomic mass is 16.5. The maximum atomic E-state index is 13.6. The number of benzene rings is 1. The quantitative estimate of drug-likeness (QED) is 0.698. The molecule has 160 valence electrons. The molecule has 1 aromatic carbocycles. The van der Waals surface area contributed by atoms with Crippen molar-refractivity contribution in [1.82, 2.24) is 4.90 Å². The summed E-state index contributed by atoms with van der Waals surface area (Å²) in [5.74, 6) is -0.0502. The maximum Gasteiger partial charge on any atom is 0.337 e. The van der Waals surface area contributed by atoms with E-state index in [1.807, 2.05) is 19.1 Å². The van der Waals surface area contributed by atoms with Gasteiger partial charge < -0.3 is 9.47 Å². The molecule has 0 radical (unpaired) electrons. The Kier molecular flexibility index (Phi) is 5.89. The number of rotatable bonds is 5. The van der Waals surface area contributed by atoms with E-state index in [0.717, 1.165) is 68.2 Å². The Balaban J connectivity index is 1.53. The molecule has 0 bridgehead atoms. The Hall–Kier alpha value is -2.31. The van der Waals surface area contributed by atoms with E-state index in [1.54, 1.807) is 12.1 Å². The number of methoxy groups -OCH3 is 1. The van der Waals surface area contributed by atoms with Crippen molar-refractivity contribution in [2.75, 3.05) is 40.0 Å². The van der Waals surface area contributed by atoms with Crippen LogP contribution < -0.4 is 0 Å². The number of hydrogen-bond acceptors (Lipinski definition) is 6. The van der Waals surface area contributed by atoms with Crippen LogP contribution in [-0.4, -0.2) is 62.3 Å². The number of carbonyl (C=O) groups is 2. The van der Waals surface area contributed by atoms with E-state index in [4.69, 9.17) is 14.5 Å². The van der Waals surface area contributed by atoms with E-state index in [0.29, 0.717) is 12.0 Å². The summed E-state index contributed by atoms with van der Waals surface area (Å²) in [4.78, 5) is 32.4. The van der Waals surface area contributed by atoms with E-state index in [1.165, 1.54) is 7.11 Å². The fourth-order valence-corrected chi connectivity index (χ4v) is 4.89. The average Bonchev–Trinajstić information content (AvgIpc) is 3.01. The summed E-state index contributed by atoms with van der Waals surface area (Å²) in [5, 5.41) is 0. The minimum Gasteiger partial charge on any atom is -0.465 e. The summed E-state index contributed by atoms with van der Waals surface area (Å²) >= 11 is 0. The van der Waals surface area contributed by atoms with Crippen LogP contribution in [0.25, 0.3) is 0 Å². The van der Waals surface area contributed by atoms with Crippen LogP contribution in [-0.2, 0) is 20.7 Å². The number of Topliss-reactive ketones (excluding diaryl/α,β-unsaturated/α-hetero) is 1. The van der Waals surface area contributed by atoms with Crippen LogP contribution in [0.5, 0.6) is 0 Å². The molecule has 30 heavy (non-hydrogen) atoms. The molecule has 1 fully saturated rings. The molecule has 6 heteroatoms. The molecule has 1 saturated heterocycles. The van der Waals surface area contributed by atoms with Crippen molar-refractivity contribution in [3.8, 4) is 0 Å². The molecule has 1 aliphatic carbocycles. The van der Waals surface area contributed by atoms with Crippen LogP contribution in [0.3, 0.4) is 0 Å². The molecule has 3 aliphatic rings. The third-order valence-electron chi connectivity index (χ3n) is 6.80. The van der Waals surface area contributed by atoms with Crippen molar-refractivity contribution in [3.63, 3.8) is 0 Å². The Labute approximate surface area is 177 Å². The van der Waals surface area contributed by atoms with Gasteiger partial charge in [-0.2, -0.15) is 0 Å². The topological polar surface area (TPSA) is 68.2 Å². The third-order valence-corrected chi connectivity index (χ3v) is 6.80. The van der Waals surface area contributed by atoms with E-state index >= 15 is 0 Å². The van der Waals surface area contributed by atoms with Gasteiger partial charge in [-0.05, 0) is 50.8 Å². The number of esters is 1. The first kappa shape index (κ1) is 20.9. The van der Waals surface area contributed by atoms with Gasteiger partial charge in [0, 0.05) is 47.9 Å². The highest BCUT2D eigenvalue weighted by molar-refractivity contribution is 6.10. The minimum absolute atomic E-state index is 0.0315.